The van der Waals surface area contributed by atoms with Gasteiger partial charge in [0.15, 0.2) is 0 Å². The number of benzene rings is 1. The molecule has 0 radical (unpaired) electrons. The number of amides is 1. The van der Waals surface area contributed by atoms with Crippen LogP contribution in [0.4, 0.5) is 0 Å². The number of ether oxygens (including phenoxy) is 2. The standard InChI is InChI=1S/C17H20ClNO5/c18-13-1-2-14-11(8-13)7-12(9-24-14)15(20)19-10-17(16(21)22)3-5-23-6-4-17/h1-2,8,12H,3-7,9-10H2,(H,19,20)(H,21,22). The highest BCUT2D eigenvalue weighted by molar-refractivity contribution is 6.30. The molecule has 0 aromatic heterocycles. The molecule has 2 heterocycles. The topological polar surface area (TPSA) is 84.9 Å². The third-order valence-electron chi connectivity index (χ3n) is 4.80. The minimum Gasteiger partial charge on any atom is -0.492 e. The maximum Gasteiger partial charge on any atom is 0.311 e. The first-order valence-corrected chi connectivity index (χ1v) is 8.38. The van der Waals surface area contributed by atoms with E-state index in [1.165, 1.54) is 0 Å². The lowest BCUT2D eigenvalue weighted by molar-refractivity contribution is -0.154. The van der Waals surface area contributed by atoms with E-state index in [1.807, 2.05) is 0 Å². The Morgan fingerprint density at radius 1 is 1.33 bits per heavy atom. The fourth-order valence-corrected chi connectivity index (χ4v) is 3.36. The van der Waals surface area contributed by atoms with Gasteiger partial charge in [0.05, 0.1) is 11.3 Å². The lowest BCUT2D eigenvalue weighted by Crippen LogP contribution is -2.48. The molecule has 2 N–H and O–H groups in total. The van der Waals surface area contributed by atoms with E-state index in [0.717, 1.165) is 11.3 Å². The lowest BCUT2D eigenvalue weighted by Gasteiger charge is -2.34. The Morgan fingerprint density at radius 3 is 2.79 bits per heavy atom. The molecule has 1 aromatic rings. The molecule has 2 aliphatic rings. The molecule has 1 unspecified atom stereocenters. The molecule has 3 rings (SSSR count). The lowest BCUT2D eigenvalue weighted by atomic mass is 9.80. The van der Waals surface area contributed by atoms with Crippen LogP contribution in [0.25, 0.3) is 0 Å². The predicted molar refractivity (Wildman–Crippen MR) is 87.3 cm³/mol. The Labute approximate surface area is 145 Å². The average molecular weight is 354 g/mol. The van der Waals surface area contributed by atoms with E-state index in [1.54, 1.807) is 18.2 Å². The number of hydrogen-bond acceptors (Lipinski definition) is 4. The van der Waals surface area contributed by atoms with E-state index >= 15 is 0 Å². The third-order valence-corrected chi connectivity index (χ3v) is 5.04. The highest BCUT2D eigenvalue weighted by Gasteiger charge is 2.41. The smallest absolute Gasteiger partial charge is 0.311 e. The van der Waals surface area contributed by atoms with E-state index < -0.39 is 11.4 Å². The zero-order chi connectivity index (χ0) is 17.2. The maximum atomic E-state index is 12.5. The molecule has 6 nitrogen and oxygen atoms in total. The fraction of sp³-hybridized carbons (Fsp3) is 0.529. The summed E-state index contributed by atoms with van der Waals surface area (Å²) in [7, 11) is 0. The first-order chi connectivity index (χ1) is 11.5. The summed E-state index contributed by atoms with van der Waals surface area (Å²) in [4.78, 5) is 24.1. The van der Waals surface area contributed by atoms with Crippen LogP contribution in [0.5, 0.6) is 5.75 Å². The van der Waals surface area contributed by atoms with Gasteiger partial charge in [0.25, 0.3) is 0 Å². The van der Waals surface area contributed by atoms with Crippen LogP contribution in [0.15, 0.2) is 18.2 Å². The van der Waals surface area contributed by atoms with E-state index in [0.29, 0.717) is 37.5 Å². The Morgan fingerprint density at radius 2 is 2.08 bits per heavy atom. The average Bonchev–Trinajstić information content (AvgIpc) is 2.59. The fourth-order valence-electron chi connectivity index (χ4n) is 3.16. The SMILES string of the molecule is O=C(NCC1(C(=O)O)CCOCC1)C1COc2ccc(Cl)cc2C1. The van der Waals surface area contributed by atoms with Crippen molar-refractivity contribution in [1.82, 2.24) is 5.32 Å². The number of carboxylic acids is 1. The molecular weight excluding hydrogens is 334 g/mol. The van der Waals surface area contributed by atoms with Crippen LogP contribution >= 0.6 is 11.6 Å². The quantitative estimate of drug-likeness (QED) is 0.863. The first-order valence-electron chi connectivity index (χ1n) is 8.00. The van der Waals surface area contributed by atoms with Gasteiger partial charge in [-0.2, -0.15) is 0 Å². The normalized spacial score (nSPS) is 22.1. The van der Waals surface area contributed by atoms with Crippen molar-refractivity contribution in [3.05, 3.63) is 28.8 Å². The molecule has 0 spiro atoms. The van der Waals surface area contributed by atoms with Crippen molar-refractivity contribution in [2.45, 2.75) is 19.3 Å². The maximum absolute atomic E-state index is 12.5. The Balaban J connectivity index is 1.62. The van der Waals surface area contributed by atoms with Gasteiger partial charge in [0.2, 0.25) is 5.91 Å². The summed E-state index contributed by atoms with van der Waals surface area (Å²) in [5.41, 5.74) is -0.0436. The second kappa shape index (κ2) is 6.99. The van der Waals surface area contributed by atoms with Crippen LogP contribution in [0.2, 0.25) is 5.02 Å². The molecule has 130 valence electrons. The van der Waals surface area contributed by atoms with E-state index in [4.69, 9.17) is 21.1 Å². The van der Waals surface area contributed by atoms with Gasteiger partial charge in [-0.25, -0.2) is 0 Å². The summed E-state index contributed by atoms with van der Waals surface area (Å²) in [5.74, 6) is -0.674. The van der Waals surface area contributed by atoms with E-state index in [2.05, 4.69) is 5.32 Å². The van der Waals surface area contributed by atoms with Crippen LogP contribution in [0.3, 0.4) is 0 Å². The van der Waals surface area contributed by atoms with Crippen LogP contribution < -0.4 is 10.1 Å². The molecule has 0 aliphatic carbocycles. The highest BCUT2D eigenvalue weighted by atomic mass is 35.5. The van der Waals surface area contributed by atoms with Gasteiger partial charge >= 0.3 is 5.97 Å². The molecule has 1 atom stereocenters. The van der Waals surface area contributed by atoms with Crippen LogP contribution in [0.1, 0.15) is 18.4 Å². The number of halogens is 1. The largest absolute Gasteiger partial charge is 0.492 e. The predicted octanol–water partition coefficient (Wildman–Crippen LogP) is 1.89. The minimum atomic E-state index is -0.940. The second-order valence-electron chi connectivity index (χ2n) is 6.38. The molecule has 7 heteroatoms. The van der Waals surface area contributed by atoms with Gasteiger partial charge in [-0.05, 0) is 43.0 Å². The number of aliphatic carboxylic acids is 1. The summed E-state index contributed by atoms with van der Waals surface area (Å²) < 4.78 is 10.9. The number of rotatable bonds is 4. The van der Waals surface area contributed by atoms with Crippen LogP contribution in [-0.2, 0) is 20.7 Å². The summed E-state index contributed by atoms with van der Waals surface area (Å²) in [6, 6.07) is 5.35. The second-order valence-corrected chi connectivity index (χ2v) is 6.82. The van der Waals surface area contributed by atoms with E-state index in [-0.39, 0.29) is 25.0 Å². The first kappa shape index (κ1) is 17.0. The van der Waals surface area contributed by atoms with Crippen molar-refractivity contribution in [3.63, 3.8) is 0 Å². The molecule has 1 amide bonds. The Kier molecular flexibility index (Phi) is 4.96. The Hall–Kier alpha value is -1.79. The summed E-state index contributed by atoms with van der Waals surface area (Å²) in [6.45, 7) is 1.20. The summed E-state index contributed by atoms with van der Waals surface area (Å²) >= 11 is 5.99. The molecule has 0 saturated carbocycles. The minimum absolute atomic E-state index is 0.115. The number of carbonyl (C=O) groups is 2. The molecule has 1 aromatic carbocycles. The van der Waals surface area contributed by atoms with E-state index in [9.17, 15) is 14.7 Å². The summed E-state index contributed by atoms with van der Waals surface area (Å²) in [5, 5.41) is 12.9. The van der Waals surface area contributed by atoms with Crippen molar-refractivity contribution in [2.24, 2.45) is 11.3 Å². The number of fused-ring (bicyclic) bond motifs is 1. The monoisotopic (exact) mass is 353 g/mol. The zero-order valence-corrected chi connectivity index (χ0v) is 14.0. The van der Waals surface area contributed by atoms with Crippen LogP contribution in [0, 0.1) is 11.3 Å². The van der Waals surface area contributed by atoms with Crippen molar-refractivity contribution >= 4 is 23.5 Å². The number of hydrogen-bond donors (Lipinski definition) is 2. The molecular formula is C17H20ClNO5. The Bertz CT molecular complexity index is 642. The van der Waals surface area contributed by atoms with Crippen LogP contribution in [-0.4, -0.2) is 43.3 Å². The number of nitrogens with one attached hydrogen (secondary N) is 1. The van der Waals surface area contributed by atoms with Gasteiger partial charge in [0, 0.05) is 24.8 Å². The van der Waals surface area contributed by atoms with Gasteiger partial charge in [0.1, 0.15) is 12.4 Å². The van der Waals surface area contributed by atoms with Gasteiger partial charge < -0.3 is 19.9 Å². The molecule has 0 bridgehead atoms. The van der Waals surface area contributed by atoms with Gasteiger partial charge in [-0.1, -0.05) is 11.6 Å². The molecule has 24 heavy (non-hydrogen) atoms. The third kappa shape index (κ3) is 3.49. The molecule has 1 saturated heterocycles. The van der Waals surface area contributed by atoms with Gasteiger partial charge in [-0.15, -0.1) is 0 Å². The number of carboxylic acid groups (broad SMARTS) is 1. The zero-order valence-electron chi connectivity index (χ0n) is 13.2. The van der Waals surface area contributed by atoms with Crippen molar-refractivity contribution in [1.29, 1.82) is 0 Å². The molecule has 1 fully saturated rings. The van der Waals surface area contributed by atoms with Gasteiger partial charge in [-0.3, -0.25) is 9.59 Å². The number of carbonyl (C=O) groups excluding carboxylic acids is 1. The summed E-state index contributed by atoms with van der Waals surface area (Å²) in [6.07, 6.45) is 1.34. The molecule has 2 aliphatic heterocycles. The van der Waals surface area contributed by atoms with Crippen molar-refractivity contribution < 1.29 is 24.2 Å². The van der Waals surface area contributed by atoms with Crippen molar-refractivity contribution in [3.8, 4) is 5.75 Å². The highest BCUT2D eigenvalue weighted by Crippen LogP contribution is 2.32. The van der Waals surface area contributed by atoms with Crippen molar-refractivity contribution in [2.75, 3.05) is 26.4 Å².